The van der Waals surface area contributed by atoms with Crippen molar-refractivity contribution in [3.05, 3.63) is 80.8 Å². The van der Waals surface area contributed by atoms with Crippen molar-refractivity contribution in [3.63, 3.8) is 0 Å². The quantitative estimate of drug-likeness (QED) is 0.477. The van der Waals surface area contributed by atoms with Crippen molar-refractivity contribution in [2.45, 2.75) is 6.18 Å². The lowest BCUT2D eigenvalue weighted by atomic mass is 10.1. The molecule has 0 aliphatic heterocycles. The molecule has 12 heteroatoms. The van der Waals surface area contributed by atoms with Crippen LogP contribution in [0.2, 0.25) is 0 Å². The van der Waals surface area contributed by atoms with Gasteiger partial charge in [0.2, 0.25) is 0 Å². The van der Waals surface area contributed by atoms with Gasteiger partial charge in [0.15, 0.2) is 0 Å². The molecule has 0 radical (unpaired) electrons. The lowest BCUT2D eigenvalue weighted by molar-refractivity contribution is -0.384. The summed E-state index contributed by atoms with van der Waals surface area (Å²) in [6.07, 6.45) is -4.51. The second kappa shape index (κ2) is 8.29. The van der Waals surface area contributed by atoms with Gasteiger partial charge < -0.3 is 0 Å². The zero-order valence-electron chi connectivity index (χ0n) is 14.8. The van der Waals surface area contributed by atoms with Crippen molar-refractivity contribution in [2.75, 3.05) is 0 Å². The molecule has 2 N–H and O–H groups in total. The normalized spacial score (nSPS) is 11.0. The number of rotatable bonds is 4. The highest BCUT2D eigenvalue weighted by Crippen LogP contribution is 2.33. The van der Waals surface area contributed by atoms with Gasteiger partial charge in [0, 0.05) is 28.6 Å². The Bertz CT molecular complexity index is 1130. The minimum absolute atomic E-state index is 0.0487. The highest BCUT2D eigenvalue weighted by atomic mass is 32.1. The number of nitrogens with one attached hydrogen (secondary N) is 2. The molecule has 0 spiro atoms. The first kappa shape index (κ1) is 20.9. The van der Waals surface area contributed by atoms with E-state index in [9.17, 15) is 32.9 Å². The van der Waals surface area contributed by atoms with Gasteiger partial charge >= 0.3 is 6.18 Å². The highest BCUT2D eigenvalue weighted by molar-refractivity contribution is 7.13. The van der Waals surface area contributed by atoms with Gasteiger partial charge in [-0.05, 0) is 18.2 Å². The molecule has 0 aliphatic rings. The van der Waals surface area contributed by atoms with E-state index in [-0.39, 0.29) is 27.5 Å². The third-order valence-electron chi connectivity index (χ3n) is 3.78. The number of hydrogen-bond donors (Lipinski definition) is 2. The number of nitrogens with zero attached hydrogens (tertiary/aromatic N) is 2. The van der Waals surface area contributed by atoms with Crippen LogP contribution in [0.3, 0.4) is 0 Å². The minimum atomic E-state index is -4.51. The number of benzene rings is 2. The molecule has 8 nitrogen and oxygen atoms in total. The maximum absolute atomic E-state index is 12.8. The molecule has 3 rings (SSSR count). The van der Waals surface area contributed by atoms with Gasteiger partial charge in [-0.1, -0.05) is 18.2 Å². The predicted octanol–water partition coefficient (Wildman–Crippen LogP) is 3.81. The van der Waals surface area contributed by atoms with Crippen LogP contribution in [0.15, 0.2) is 53.9 Å². The van der Waals surface area contributed by atoms with E-state index in [4.69, 9.17) is 0 Å². The van der Waals surface area contributed by atoms with Crippen LogP contribution in [0.4, 0.5) is 18.9 Å². The van der Waals surface area contributed by atoms with E-state index in [0.29, 0.717) is 0 Å². The average molecular weight is 436 g/mol. The van der Waals surface area contributed by atoms with Crippen molar-refractivity contribution in [1.29, 1.82) is 0 Å². The lowest BCUT2D eigenvalue weighted by Gasteiger charge is -2.07. The van der Waals surface area contributed by atoms with Gasteiger partial charge in [-0.25, -0.2) is 4.98 Å². The summed E-state index contributed by atoms with van der Waals surface area (Å²) in [5.41, 5.74) is 3.09. The summed E-state index contributed by atoms with van der Waals surface area (Å²) in [7, 11) is 0. The average Bonchev–Trinajstić information content (AvgIpc) is 3.21. The Morgan fingerprint density at radius 2 is 1.73 bits per heavy atom. The fraction of sp³-hybridized carbons (Fsp3) is 0.0556. The Morgan fingerprint density at radius 3 is 2.43 bits per heavy atom. The molecule has 0 bridgehead atoms. The number of hydrogen-bond acceptors (Lipinski definition) is 6. The van der Waals surface area contributed by atoms with Gasteiger partial charge in [0.25, 0.3) is 17.5 Å². The first-order chi connectivity index (χ1) is 14.1. The Kier molecular flexibility index (Phi) is 5.78. The number of amides is 2. The van der Waals surface area contributed by atoms with E-state index in [1.54, 1.807) is 0 Å². The molecule has 0 atom stereocenters. The number of alkyl halides is 3. The molecular formula is C18H11F3N4O4S. The summed E-state index contributed by atoms with van der Waals surface area (Å²) in [6.45, 7) is 0. The summed E-state index contributed by atoms with van der Waals surface area (Å²) in [4.78, 5) is 38.3. The molecule has 0 fully saturated rings. The van der Waals surface area contributed by atoms with Crippen LogP contribution >= 0.6 is 11.3 Å². The fourth-order valence-electron chi connectivity index (χ4n) is 2.35. The Morgan fingerprint density at radius 1 is 1.03 bits per heavy atom. The highest BCUT2D eigenvalue weighted by Gasteiger charge is 2.30. The first-order valence-corrected chi connectivity index (χ1v) is 9.01. The molecular weight excluding hydrogens is 425 g/mol. The van der Waals surface area contributed by atoms with Crippen molar-refractivity contribution in [2.24, 2.45) is 0 Å². The number of aromatic nitrogens is 1. The van der Waals surface area contributed by atoms with E-state index in [2.05, 4.69) is 15.8 Å². The van der Waals surface area contributed by atoms with Crippen molar-refractivity contribution in [1.82, 2.24) is 15.8 Å². The summed E-state index contributed by atoms with van der Waals surface area (Å²) in [6, 6.07) is 9.40. The summed E-state index contributed by atoms with van der Waals surface area (Å²) in [5.74, 6) is -1.59. The summed E-state index contributed by atoms with van der Waals surface area (Å²) >= 11 is 0.959. The molecule has 1 aromatic heterocycles. The third-order valence-corrected chi connectivity index (χ3v) is 4.67. The number of non-ortho nitro benzene ring substituents is 1. The van der Waals surface area contributed by atoms with Gasteiger partial charge in [-0.2, -0.15) is 13.2 Å². The smallest absolute Gasteiger partial charge is 0.267 e. The molecule has 154 valence electrons. The fourth-order valence-corrected chi connectivity index (χ4v) is 3.15. The molecule has 0 saturated carbocycles. The molecule has 30 heavy (non-hydrogen) atoms. The Balaban J connectivity index is 1.68. The predicted molar refractivity (Wildman–Crippen MR) is 101 cm³/mol. The van der Waals surface area contributed by atoms with Crippen LogP contribution in [-0.2, 0) is 6.18 Å². The zero-order chi connectivity index (χ0) is 21.9. The molecule has 0 aliphatic carbocycles. The largest absolute Gasteiger partial charge is 0.416 e. The van der Waals surface area contributed by atoms with Gasteiger partial charge in [-0.3, -0.25) is 30.6 Å². The topological polar surface area (TPSA) is 114 Å². The number of carbonyl (C=O) groups is 2. The third kappa shape index (κ3) is 4.78. The van der Waals surface area contributed by atoms with Gasteiger partial charge in [0.1, 0.15) is 10.7 Å². The lowest BCUT2D eigenvalue weighted by Crippen LogP contribution is -2.41. The molecule has 1 heterocycles. The van der Waals surface area contributed by atoms with E-state index >= 15 is 0 Å². The summed E-state index contributed by atoms with van der Waals surface area (Å²) in [5, 5.41) is 12.3. The van der Waals surface area contributed by atoms with E-state index in [1.807, 2.05) is 0 Å². The molecule has 0 saturated heterocycles. The minimum Gasteiger partial charge on any atom is -0.267 e. The SMILES string of the molecule is O=C(NNC(=O)c1csc(-c2cccc(C(F)(F)F)c2)n1)c1cccc([N+](=O)[O-])c1. The molecule has 2 aromatic carbocycles. The van der Waals surface area contributed by atoms with Gasteiger partial charge in [0.05, 0.1) is 10.5 Å². The maximum atomic E-state index is 12.8. The van der Waals surface area contributed by atoms with Crippen molar-refractivity contribution >= 4 is 28.8 Å². The number of hydrazine groups is 1. The van der Waals surface area contributed by atoms with Gasteiger partial charge in [-0.15, -0.1) is 11.3 Å². The van der Waals surface area contributed by atoms with E-state index in [0.717, 1.165) is 29.5 Å². The molecule has 2 amide bonds. The number of halogens is 3. The maximum Gasteiger partial charge on any atom is 0.416 e. The van der Waals surface area contributed by atoms with Crippen LogP contribution in [0.5, 0.6) is 0 Å². The number of carbonyl (C=O) groups excluding carboxylic acids is 2. The van der Waals surface area contributed by atoms with E-state index in [1.165, 1.54) is 35.7 Å². The number of nitro groups is 1. The molecule has 0 unspecified atom stereocenters. The monoisotopic (exact) mass is 436 g/mol. The van der Waals surface area contributed by atoms with Crippen LogP contribution in [0.1, 0.15) is 26.4 Å². The second-order valence-corrected chi connectivity index (χ2v) is 6.69. The standard InChI is InChI=1S/C18H11F3N4O4S/c19-18(20,21)12-5-1-4-11(7-12)17-22-14(9-30-17)16(27)24-23-15(26)10-3-2-6-13(8-10)25(28)29/h1-9H,(H,23,26)(H,24,27). The van der Waals surface area contributed by atoms with Crippen LogP contribution in [-0.4, -0.2) is 21.7 Å². The number of nitro benzene ring substituents is 1. The zero-order valence-corrected chi connectivity index (χ0v) is 15.6. The summed E-state index contributed by atoms with van der Waals surface area (Å²) < 4.78 is 38.5. The Labute approximate surface area is 170 Å². The molecule has 3 aromatic rings. The van der Waals surface area contributed by atoms with Crippen molar-refractivity contribution in [3.8, 4) is 10.6 Å². The van der Waals surface area contributed by atoms with Crippen LogP contribution < -0.4 is 10.9 Å². The first-order valence-electron chi connectivity index (χ1n) is 8.13. The van der Waals surface area contributed by atoms with Crippen LogP contribution in [0.25, 0.3) is 10.6 Å². The Hall–Kier alpha value is -3.80. The van der Waals surface area contributed by atoms with Crippen molar-refractivity contribution < 1.29 is 27.7 Å². The van der Waals surface area contributed by atoms with E-state index < -0.39 is 28.5 Å². The second-order valence-electron chi connectivity index (χ2n) is 5.83. The number of thiazole rings is 1. The van der Waals surface area contributed by atoms with Crippen LogP contribution in [0, 0.1) is 10.1 Å².